The summed E-state index contributed by atoms with van der Waals surface area (Å²) >= 11 is 0. The van der Waals surface area contributed by atoms with Crippen LogP contribution in [0.25, 0.3) is 0 Å². The predicted octanol–water partition coefficient (Wildman–Crippen LogP) is -0.0311. The molecular formula is C13H21N5O2. The maximum Gasteiger partial charge on any atom is 0.273 e. The number of carbonyl (C=O) groups is 1. The lowest BCUT2D eigenvalue weighted by Crippen LogP contribution is -2.43. The molecule has 7 nitrogen and oxygen atoms in total. The molecule has 0 unspecified atom stereocenters. The van der Waals surface area contributed by atoms with Crippen LogP contribution in [0.2, 0.25) is 0 Å². The molecule has 110 valence electrons. The Kier molecular flexibility index (Phi) is 3.71. The van der Waals surface area contributed by atoms with Crippen LogP contribution in [0.4, 0.5) is 0 Å². The molecule has 1 amide bonds. The van der Waals surface area contributed by atoms with Crippen LogP contribution in [-0.4, -0.2) is 54.3 Å². The highest BCUT2D eigenvalue weighted by molar-refractivity contribution is 5.91. The second-order valence-corrected chi connectivity index (χ2v) is 5.82. The van der Waals surface area contributed by atoms with Gasteiger partial charge in [0.05, 0.1) is 12.2 Å². The van der Waals surface area contributed by atoms with Crippen molar-refractivity contribution in [2.75, 3.05) is 33.4 Å². The minimum Gasteiger partial charge on any atom is -0.385 e. The van der Waals surface area contributed by atoms with Gasteiger partial charge in [0.1, 0.15) is 0 Å². The zero-order valence-corrected chi connectivity index (χ0v) is 11.8. The molecule has 0 atom stereocenters. The number of nitrogens with one attached hydrogen (secondary N) is 2. The number of rotatable bonds is 7. The number of aromatic nitrogens is 3. The predicted molar refractivity (Wildman–Crippen MR) is 72.4 cm³/mol. The summed E-state index contributed by atoms with van der Waals surface area (Å²) in [4.78, 5) is 12.1. The van der Waals surface area contributed by atoms with Crippen molar-refractivity contribution in [3.05, 3.63) is 11.9 Å². The first-order valence-electron chi connectivity index (χ1n) is 7.12. The Morgan fingerprint density at radius 3 is 3.00 bits per heavy atom. The van der Waals surface area contributed by atoms with Gasteiger partial charge in [-0.25, -0.2) is 4.68 Å². The van der Waals surface area contributed by atoms with Gasteiger partial charge in [-0.05, 0) is 24.7 Å². The van der Waals surface area contributed by atoms with Crippen LogP contribution < -0.4 is 10.6 Å². The summed E-state index contributed by atoms with van der Waals surface area (Å²) in [5.41, 5.74) is 0.652. The number of amides is 1. The number of carbonyl (C=O) groups excluding carboxylic acids is 1. The lowest BCUT2D eigenvalue weighted by atomic mass is 10.0. The maximum absolute atomic E-state index is 12.1. The minimum atomic E-state index is -0.132. The minimum absolute atomic E-state index is 0.132. The molecule has 7 heteroatoms. The third-order valence-electron chi connectivity index (χ3n) is 4.29. The van der Waals surface area contributed by atoms with Crippen molar-refractivity contribution in [2.45, 2.75) is 25.3 Å². The summed E-state index contributed by atoms with van der Waals surface area (Å²) in [6, 6.07) is 0.334. The zero-order valence-electron chi connectivity index (χ0n) is 11.8. The molecule has 1 aliphatic carbocycles. The van der Waals surface area contributed by atoms with E-state index in [2.05, 4.69) is 20.9 Å². The quantitative estimate of drug-likeness (QED) is 0.732. The van der Waals surface area contributed by atoms with Crippen LogP contribution >= 0.6 is 0 Å². The van der Waals surface area contributed by atoms with Gasteiger partial charge in [0.15, 0.2) is 5.69 Å². The van der Waals surface area contributed by atoms with E-state index < -0.39 is 0 Å². The zero-order chi connectivity index (χ0) is 14.0. The van der Waals surface area contributed by atoms with Crippen molar-refractivity contribution in [2.24, 2.45) is 5.41 Å². The second kappa shape index (κ2) is 5.49. The van der Waals surface area contributed by atoms with Gasteiger partial charge in [-0.15, -0.1) is 5.10 Å². The van der Waals surface area contributed by atoms with Crippen molar-refractivity contribution >= 4 is 5.91 Å². The molecule has 0 aromatic carbocycles. The van der Waals surface area contributed by atoms with Gasteiger partial charge in [0.2, 0.25) is 0 Å². The molecule has 1 saturated heterocycles. The van der Waals surface area contributed by atoms with E-state index in [9.17, 15) is 4.79 Å². The van der Waals surface area contributed by atoms with Gasteiger partial charge >= 0.3 is 0 Å². The Labute approximate surface area is 118 Å². The molecule has 2 N–H and O–H groups in total. The molecule has 1 aromatic rings. The van der Waals surface area contributed by atoms with E-state index in [0.29, 0.717) is 18.3 Å². The maximum atomic E-state index is 12.1. The highest BCUT2D eigenvalue weighted by Crippen LogP contribution is 2.48. The largest absolute Gasteiger partial charge is 0.385 e. The lowest BCUT2D eigenvalue weighted by Gasteiger charge is -2.26. The van der Waals surface area contributed by atoms with E-state index in [1.165, 1.54) is 0 Å². The van der Waals surface area contributed by atoms with Gasteiger partial charge in [0.25, 0.3) is 5.91 Å². The second-order valence-electron chi connectivity index (χ2n) is 5.82. The van der Waals surface area contributed by atoms with Crippen LogP contribution in [0.3, 0.4) is 0 Å². The molecule has 1 aromatic heterocycles. The normalized spacial score (nSPS) is 20.4. The van der Waals surface area contributed by atoms with Crippen LogP contribution in [0.1, 0.15) is 35.8 Å². The standard InChI is InChI=1S/C13H21N5O2/c1-20-5-4-13(2-3-13)9-15-12(19)11-8-18(17-16-11)10-6-14-7-10/h8,10,14H,2-7,9H2,1H3,(H,15,19). The first-order valence-corrected chi connectivity index (χ1v) is 7.12. The fourth-order valence-electron chi connectivity index (χ4n) is 2.39. The van der Waals surface area contributed by atoms with Gasteiger partial charge in [0, 0.05) is 33.4 Å². The van der Waals surface area contributed by atoms with Crippen LogP contribution in [0.5, 0.6) is 0 Å². The molecule has 1 saturated carbocycles. The molecule has 0 radical (unpaired) electrons. The molecular weight excluding hydrogens is 258 g/mol. The van der Waals surface area contributed by atoms with Gasteiger partial charge in [-0.3, -0.25) is 4.79 Å². The molecule has 2 aliphatic rings. The number of hydrogen-bond donors (Lipinski definition) is 2. The van der Waals surface area contributed by atoms with Gasteiger partial charge < -0.3 is 15.4 Å². The SMILES string of the molecule is COCCC1(CNC(=O)c2cn(C3CNC3)nn2)CC1. The average Bonchev–Trinajstić information content (AvgIpc) is 3.01. The van der Waals surface area contributed by atoms with Gasteiger partial charge in [-0.2, -0.15) is 0 Å². The average molecular weight is 279 g/mol. The third-order valence-corrected chi connectivity index (χ3v) is 4.29. The fourth-order valence-corrected chi connectivity index (χ4v) is 2.39. The fraction of sp³-hybridized carbons (Fsp3) is 0.769. The molecule has 0 spiro atoms. The van der Waals surface area contributed by atoms with Gasteiger partial charge in [-0.1, -0.05) is 5.21 Å². The molecule has 1 aliphatic heterocycles. The molecule has 3 rings (SSSR count). The first-order chi connectivity index (χ1) is 9.72. The van der Waals surface area contributed by atoms with E-state index in [-0.39, 0.29) is 11.3 Å². The van der Waals surface area contributed by atoms with Crippen molar-refractivity contribution in [1.29, 1.82) is 0 Å². The van der Waals surface area contributed by atoms with Crippen LogP contribution in [0, 0.1) is 5.41 Å². The van der Waals surface area contributed by atoms with Crippen LogP contribution in [-0.2, 0) is 4.74 Å². The Hall–Kier alpha value is -1.47. The number of ether oxygens (including phenoxy) is 1. The molecule has 20 heavy (non-hydrogen) atoms. The summed E-state index contributed by atoms with van der Waals surface area (Å²) < 4.78 is 6.88. The highest BCUT2D eigenvalue weighted by Gasteiger charge is 2.42. The topological polar surface area (TPSA) is 81.1 Å². The van der Waals surface area contributed by atoms with Crippen molar-refractivity contribution in [3.63, 3.8) is 0 Å². The summed E-state index contributed by atoms with van der Waals surface area (Å²) in [5.74, 6) is -0.132. The Bertz CT molecular complexity index is 479. The van der Waals surface area contributed by atoms with E-state index in [4.69, 9.17) is 4.74 Å². The number of hydrogen-bond acceptors (Lipinski definition) is 5. The van der Waals surface area contributed by atoms with E-state index in [1.54, 1.807) is 18.0 Å². The number of methoxy groups -OCH3 is 1. The van der Waals surface area contributed by atoms with E-state index in [1.807, 2.05) is 0 Å². The summed E-state index contributed by atoms with van der Waals surface area (Å²) in [6.45, 7) is 3.24. The van der Waals surface area contributed by atoms with Crippen molar-refractivity contribution in [1.82, 2.24) is 25.6 Å². The van der Waals surface area contributed by atoms with E-state index in [0.717, 1.165) is 39.0 Å². The third kappa shape index (κ3) is 2.83. The number of nitrogens with zero attached hydrogens (tertiary/aromatic N) is 3. The van der Waals surface area contributed by atoms with Crippen molar-refractivity contribution < 1.29 is 9.53 Å². The Morgan fingerprint density at radius 1 is 1.60 bits per heavy atom. The molecule has 2 heterocycles. The Balaban J connectivity index is 1.50. The van der Waals surface area contributed by atoms with Crippen molar-refractivity contribution in [3.8, 4) is 0 Å². The summed E-state index contributed by atoms with van der Waals surface area (Å²) in [7, 11) is 1.71. The summed E-state index contributed by atoms with van der Waals surface area (Å²) in [5, 5.41) is 14.1. The first kappa shape index (κ1) is 13.5. The molecule has 0 bridgehead atoms. The summed E-state index contributed by atoms with van der Waals surface area (Å²) in [6.07, 6.45) is 5.06. The molecule has 2 fully saturated rings. The Morgan fingerprint density at radius 2 is 2.40 bits per heavy atom. The highest BCUT2D eigenvalue weighted by atomic mass is 16.5. The lowest BCUT2D eigenvalue weighted by molar-refractivity contribution is 0.0933. The monoisotopic (exact) mass is 279 g/mol. The smallest absolute Gasteiger partial charge is 0.273 e. The van der Waals surface area contributed by atoms with Crippen LogP contribution in [0.15, 0.2) is 6.20 Å². The van der Waals surface area contributed by atoms with E-state index >= 15 is 0 Å².